The molecule has 0 aliphatic heterocycles. The molecule has 2 rings (SSSR count). The molecule has 0 radical (unpaired) electrons. The fourth-order valence-electron chi connectivity index (χ4n) is 1.72. The summed E-state index contributed by atoms with van der Waals surface area (Å²) in [6.07, 6.45) is 0.721. The average molecular weight is 249 g/mol. The largest absolute Gasteiger partial charge is 0.465 e. The molecule has 4 heteroatoms. The van der Waals surface area contributed by atoms with E-state index in [4.69, 9.17) is 4.74 Å². The molecule has 0 N–H and O–H groups in total. The van der Waals surface area contributed by atoms with E-state index in [0.717, 1.165) is 21.6 Å². The highest BCUT2D eigenvalue weighted by Crippen LogP contribution is 2.29. The number of esters is 1. The fourth-order valence-corrected chi connectivity index (χ4v) is 2.86. The summed E-state index contributed by atoms with van der Waals surface area (Å²) in [7, 11) is 0. The lowest BCUT2D eigenvalue weighted by atomic mass is 10.1. The van der Waals surface area contributed by atoms with Crippen molar-refractivity contribution in [2.45, 2.75) is 26.2 Å². The number of aromatic nitrogens is 1. The Morgan fingerprint density at radius 3 is 2.82 bits per heavy atom. The van der Waals surface area contributed by atoms with Crippen molar-refractivity contribution < 1.29 is 9.53 Å². The Morgan fingerprint density at radius 1 is 1.41 bits per heavy atom. The predicted molar refractivity (Wildman–Crippen MR) is 69.3 cm³/mol. The SMILES string of the molecule is CCOC(=O)C(CC)c1nc2ccccc2s1. The fraction of sp³-hybridized carbons (Fsp3) is 0.385. The van der Waals surface area contributed by atoms with Gasteiger partial charge in [-0.05, 0) is 25.5 Å². The number of thiazole rings is 1. The first-order valence-corrected chi connectivity index (χ1v) is 6.60. The number of carbonyl (C=O) groups excluding carboxylic acids is 1. The predicted octanol–water partition coefficient (Wildman–Crippen LogP) is 3.35. The van der Waals surface area contributed by atoms with Gasteiger partial charge in [-0.1, -0.05) is 19.1 Å². The summed E-state index contributed by atoms with van der Waals surface area (Å²) in [6.45, 7) is 4.22. The molecule has 1 atom stereocenters. The summed E-state index contributed by atoms with van der Waals surface area (Å²) in [5, 5.41) is 0.854. The molecule has 0 spiro atoms. The van der Waals surface area contributed by atoms with Crippen LogP contribution in [0.25, 0.3) is 10.2 Å². The summed E-state index contributed by atoms with van der Waals surface area (Å²) in [5.74, 6) is -0.401. The minimum atomic E-state index is -0.229. The van der Waals surface area contributed by atoms with Gasteiger partial charge in [-0.3, -0.25) is 4.79 Å². The van der Waals surface area contributed by atoms with Crippen molar-refractivity contribution in [3.63, 3.8) is 0 Å². The van der Waals surface area contributed by atoms with E-state index in [1.54, 1.807) is 11.3 Å². The smallest absolute Gasteiger partial charge is 0.315 e. The van der Waals surface area contributed by atoms with Crippen LogP contribution in [0.4, 0.5) is 0 Å². The summed E-state index contributed by atoms with van der Waals surface area (Å²) >= 11 is 1.57. The second-order valence-electron chi connectivity index (χ2n) is 3.73. The Hall–Kier alpha value is -1.42. The average Bonchev–Trinajstić information content (AvgIpc) is 2.73. The van der Waals surface area contributed by atoms with Crippen LogP contribution in [0.2, 0.25) is 0 Å². The molecule has 0 fully saturated rings. The first kappa shape index (κ1) is 12.0. The number of fused-ring (bicyclic) bond motifs is 1. The molecule has 0 bridgehead atoms. The lowest BCUT2D eigenvalue weighted by Gasteiger charge is -2.09. The Kier molecular flexibility index (Phi) is 3.74. The number of nitrogens with zero attached hydrogens (tertiary/aromatic N) is 1. The molecule has 2 aromatic rings. The van der Waals surface area contributed by atoms with E-state index in [9.17, 15) is 4.79 Å². The third-order valence-electron chi connectivity index (χ3n) is 2.59. The van der Waals surface area contributed by atoms with Gasteiger partial charge in [-0.2, -0.15) is 0 Å². The molecule has 0 saturated carbocycles. The van der Waals surface area contributed by atoms with Crippen LogP contribution >= 0.6 is 11.3 Å². The molecular formula is C13H15NO2S. The molecule has 0 saturated heterocycles. The number of carbonyl (C=O) groups is 1. The molecule has 17 heavy (non-hydrogen) atoms. The second-order valence-corrected chi connectivity index (χ2v) is 4.79. The number of hydrogen-bond acceptors (Lipinski definition) is 4. The third kappa shape index (κ3) is 2.47. The summed E-state index contributed by atoms with van der Waals surface area (Å²) < 4.78 is 6.19. The van der Waals surface area contributed by atoms with Crippen molar-refractivity contribution in [2.24, 2.45) is 0 Å². The minimum Gasteiger partial charge on any atom is -0.465 e. The van der Waals surface area contributed by atoms with Gasteiger partial charge in [0, 0.05) is 0 Å². The van der Waals surface area contributed by atoms with E-state index in [-0.39, 0.29) is 11.9 Å². The van der Waals surface area contributed by atoms with Crippen molar-refractivity contribution in [3.05, 3.63) is 29.3 Å². The van der Waals surface area contributed by atoms with Gasteiger partial charge >= 0.3 is 5.97 Å². The molecule has 3 nitrogen and oxygen atoms in total. The van der Waals surface area contributed by atoms with Crippen molar-refractivity contribution in [1.82, 2.24) is 4.98 Å². The third-order valence-corrected chi connectivity index (χ3v) is 3.74. The maximum atomic E-state index is 11.8. The molecule has 1 aromatic heterocycles. The Morgan fingerprint density at radius 2 is 2.18 bits per heavy atom. The molecule has 1 aromatic carbocycles. The van der Waals surface area contributed by atoms with Gasteiger partial charge in [0.25, 0.3) is 0 Å². The number of ether oxygens (including phenoxy) is 1. The standard InChI is InChI=1S/C13H15NO2S/c1-3-9(13(15)16-4-2)12-14-10-7-5-6-8-11(10)17-12/h5-9H,3-4H2,1-2H3. The van der Waals surface area contributed by atoms with Crippen molar-refractivity contribution >= 4 is 27.5 Å². The van der Waals surface area contributed by atoms with Crippen LogP contribution in [-0.2, 0) is 9.53 Å². The molecule has 0 aliphatic carbocycles. The van der Waals surface area contributed by atoms with Crippen molar-refractivity contribution in [3.8, 4) is 0 Å². The van der Waals surface area contributed by atoms with E-state index >= 15 is 0 Å². The van der Waals surface area contributed by atoms with Crippen LogP contribution < -0.4 is 0 Å². The van der Waals surface area contributed by atoms with Gasteiger partial charge in [-0.15, -0.1) is 11.3 Å². The molecule has 90 valence electrons. The molecule has 0 aliphatic rings. The van der Waals surface area contributed by atoms with E-state index in [2.05, 4.69) is 4.98 Å². The molecule has 0 amide bonds. The van der Waals surface area contributed by atoms with Crippen LogP contribution in [0, 0.1) is 0 Å². The quantitative estimate of drug-likeness (QED) is 0.780. The van der Waals surface area contributed by atoms with Crippen LogP contribution in [0.5, 0.6) is 0 Å². The highest BCUT2D eigenvalue weighted by Gasteiger charge is 2.23. The summed E-state index contributed by atoms with van der Waals surface area (Å²) in [5.41, 5.74) is 0.954. The Bertz CT molecular complexity index is 488. The first-order valence-electron chi connectivity index (χ1n) is 5.78. The van der Waals surface area contributed by atoms with Crippen LogP contribution in [-0.4, -0.2) is 17.6 Å². The Labute approximate surface area is 104 Å². The first-order chi connectivity index (χ1) is 8.26. The van der Waals surface area contributed by atoms with Gasteiger partial charge < -0.3 is 4.74 Å². The number of benzene rings is 1. The van der Waals surface area contributed by atoms with Gasteiger partial charge in [0.1, 0.15) is 10.9 Å². The second kappa shape index (κ2) is 5.27. The van der Waals surface area contributed by atoms with Crippen LogP contribution in [0.3, 0.4) is 0 Å². The molecular weight excluding hydrogens is 234 g/mol. The molecule has 1 heterocycles. The zero-order chi connectivity index (χ0) is 12.3. The normalized spacial score (nSPS) is 12.6. The maximum absolute atomic E-state index is 11.8. The summed E-state index contributed by atoms with van der Waals surface area (Å²) in [6, 6.07) is 7.92. The highest BCUT2D eigenvalue weighted by molar-refractivity contribution is 7.18. The lowest BCUT2D eigenvalue weighted by Crippen LogP contribution is -2.14. The van der Waals surface area contributed by atoms with E-state index in [1.165, 1.54) is 0 Å². The zero-order valence-electron chi connectivity index (χ0n) is 9.97. The lowest BCUT2D eigenvalue weighted by molar-refractivity contribution is -0.145. The topological polar surface area (TPSA) is 39.2 Å². The Balaban J connectivity index is 2.33. The van der Waals surface area contributed by atoms with Gasteiger partial charge in [0.2, 0.25) is 0 Å². The van der Waals surface area contributed by atoms with Gasteiger partial charge in [0.15, 0.2) is 0 Å². The number of rotatable bonds is 4. The maximum Gasteiger partial charge on any atom is 0.315 e. The van der Waals surface area contributed by atoms with E-state index in [1.807, 2.05) is 38.1 Å². The van der Waals surface area contributed by atoms with Crippen LogP contribution in [0.1, 0.15) is 31.2 Å². The summed E-state index contributed by atoms with van der Waals surface area (Å²) in [4.78, 5) is 16.3. The number of hydrogen-bond donors (Lipinski definition) is 0. The van der Waals surface area contributed by atoms with E-state index in [0.29, 0.717) is 6.61 Å². The monoisotopic (exact) mass is 249 g/mol. The number of para-hydroxylation sites is 1. The zero-order valence-corrected chi connectivity index (χ0v) is 10.8. The minimum absolute atomic E-state index is 0.172. The van der Waals surface area contributed by atoms with Crippen LogP contribution in [0.15, 0.2) is 24.3 Å². The van der Waals surface area contributed by atoms with Crippen molar-refractivity contribution in [1.29, 1.82) is 0 Å². The highest BCUT2D eigenvalue weighted by atomic mass is 32.1. The van der Waals surface area contributed by atoms with Gasteiger partial charge in [-0.25, -0.2) is 4.98 Å². The van der Waals surface area contributed by atoms with E-state index < -0.39 is 0 Å². The van der Waals surface area contributed by atoms with Gasteiger partial charge in [0.05, 0.1) is 16.8 Å². The molecule has 1 unspecified atom stereocenters. The van der Waals surface area contributed by atoms with Crippen molar-refractivity contribution in [2.75, 3.05) is 6.61 Å².